The Morgan fingerprint density at radius 2 is 1.57 bits per heavy atom. The Hall–Kier alpha value is -1.40. The first-order valence-corrected chi connectivity index (χ1v) is 13.4. The van der Waals surface area contributed by atoms with Crippen molar-refractivity contribution in [3.8, 4) is 0 Å². The molecule has 6 heteroatoms. The number of piperidine rings is 1. The van der Waals surface area contributed by atoms with Crippen LogP contribution >= 0.6 is 0 Å². The van der Waals surface area contributed by atoms with E-state index in [4.69, 9.17) is 0 Å². The average Bonchev–Trinajstić information content (AvgIpc) is 2.76. The van der Waals surface area contributed by atoms with Crippen LogP contribution in [0.3, 0.4) is 0 Å². The Morgan fingerprint density at radius 1 is 1.00 bits per heavy atom. The van der Waals surface area contributed by atoms with Crippen LogP contribution in [0.15, 0.2) is 30.3 Å². The molecule has 1 heterocycles. The lowest BCUT2D eigenvalue weighted by Crippen LogP contribution is -2.60. The third-order valence-corrected chi connectivity index (χ3v) is 10.5. The van der Waals surface area contributed by atoms with Gasteiger partial charge in [0.2, 0.25) is 15.9 Å². The number of benzene rings is 1. The Balaban J connectivity index is 1.39. The molecule has 0 radical (unpaired) electrons. The molecule has 0 spiro atoms. The summed E-state index contributed by atoms with van der Waals surface area (Å²) in [5.41, 5.74) is 0.398. The summed E-state index contributed by atoms with van der Waals surface area (Å²) in [4.78, 5) is 13.9. The molecule has 1 saturated heterocycles. The number of hydrogen-bond acceptors (Lipinski definition) is 3. The molecule has 1 aliphatic heterocycles. The van der Waals surface area contributed by atoms with Gasteiger partial charge in [-0.1, -0.05) is 30.3 Å². The zero-order valence-electron chi connectivity index (χ0n) is 17.9. The molecule has 1 aromatic rings. The van der Waals surface area contributed by atoms with Gasteiger partial charge in [0, 0.05) is 19.1 Å². The molecular formula is C24H34N2O3S. The van der Waals surface area contributed by atoms with Gasteiger partial charge in [-0.15, -0.1) is 0 Å². The Bertz CT molecular complexity index is 862. The number of rotatable bonds is 5. The molecule has 0 unspecified atom stereocenters. The van der Waals surface area contributed by atoms with Gasteiger partial charge in [-0.25, -0.2) is 12.7 Å². The van der Waals surface area contributed by atoms with Crippen molar-refractivity contribution in [2.45, 2.75) is 63.3 Å². The summed E-state index contributed by atoms with van der Waals surface area (Å²) in [6, 6.07) is 10.3. The van der Waals surface area contributed by atoms with E-state index in [0.29, 0.717) is 43.8 Å². The zero-order valence-corrected chi connectivity index (χ0v) is 18.7. The van der Waals surface area contributed by atoms with E-state index >= 15 is 0 Å². The van der Waals surface area contributed by atoms with Crippen LogP contribution in [0.4, 0.5) is 0 Å². The highest BCUT2D eigenvalue weighted by Crippen LogP contribution is 2.54. The van der Waals surface area contributed by atoms with Gasteiger partial charge in [-0.3, -0.25) is 4.79 Å². The van der Waals surface area contributed by atoms with E-state index in [1.165, 1.54) is 32.1 Å². The maximum atomic E-state index is 13.9. The summed E-state index contributed by atoms with van der Waals surface area (Å²) in [6.45, 7) is 2.52. The first kappa shape index (κ1) is 20.5. The van der Waals surface area contributed by atoms with Crippen molar-refractivity contribution >= 4 is 15.9 Å². The zero-order chi connectivity index (χ0) is 20.9. The second kappa shape index (κ2) is 7.63. The van der Waals surface area contributed by atoms with E-state index < -0.39 is 15.4 Å². The molecule has 6 rings (SSSR count). The summed E-state index contributed by atoms with van der Waals surface area (Å²) in [5.74, 6) is 3.28. The standard InChI is InChI=1S/C24H34N2O3S/c1-2-30(28,29)26-10-8-24(9-11-26,21-6-4-3-5-7-21)23(27)25-22-19-13-17-12-18(15-19)16-20(22)14-17/h3-7,17-20,22H,2,8-16H2,1H3,(H,25,27). The highest BCUT2D eigenvalue weighted by Gasteiger charge is 2.51. The van der Waals surface area contributed by atoms with E-state index in [0.717, 1.165) is 17.4 Å². The first-order chi connectivity index (χ1) is 14.4. The fourth-order valence-electron chi connectivity index (χ4n) is 7.18. The van der Waals surface area contributed by atoms with Gasteiger partial charge in [-0.2, -0.15) is 0 Å². The molecular weight excluding hydrogens is 396 g/mol. The maximum absolute atomic E-state index is 13.9. The van der Waals surface area contributed by atoms with Crippen LogP contribution in [-0.2, 0) is 20.2 Å². The third kappa shape index (κ3) is 3.40. The van der Waals surface area contributed by atoms with E-state index in [-0.39, 0.29) is 11.7 Å². The molecule has 5 nitrogen and oxygen atoms in total. The SMILES string of the molecule is CCS(=O)(=O)N1CCC(C(=O)NC2C3CC4CC(C3)CC2C4)(c2ccccc2)CC1. The Kier molecular flexibility index (Phi) is 5.21. The van der Waals surface area contributed by atoms with E-state index in [1.807, 2.05) is 30.3 Å². The number of amides is 1. The smallest absolute Gasteiger partial charge is 0.230 e. The number of sulfonamides is 1. The van der Waals surface area contributed by atoms with Crippen LogP contribution in [0, 0.1) is 23.7 Å². The van der Waals surface area contributed by atoms with Crippen LogP contribution in [0.5, 0.6) is 0 Å². The maximum Gasteiger partial charge on any atom is 0.230 e. The van der Waals surface area contributed by atoms with Crippen molar-refractivity contribution in [2.75, 3.05) is 18.8 Å². The van der Waals surface area contributed by atoms with Crippen LogP contribution in [0.25, 0.3) is 0 Å². The van der Waals surface area contributed by atoms with Gasteiger partial charge in [0.15, 0.2) is 0 Å². The normalized spacial score (nSPS) is 35.3. The third-order valence-electron chi connectivity index (χ3n) is 8.62. The van der Waals surface area contributed by atoms with E-state index in [2.05, 4.69) is 5.32 Å². The number of carbonyl (C=O) groups excluding carboxylic acids is 1. The summed E-state index contributed by atoms with van der Waals surface area (Å²) >= 11 is 0. The fourth-order valence-corrected chi connectivity index (χ4v) is 8.29. The quantitative estimate of drug-likeness (QED) is 0.779. The molecule has 5 aliphatic rings. The minimum Gasteiger partial charge on any atom is -0.352 e. The highest BCUT2D eigenvalue weighted by molar-refractivity contribution is 7.89. The molecule has 4 saturated carbocycles. The summed E-state index contributed by atoms with van der Waals surface area (Å²) in [5, 5.41) is 3.53. The lowest BCUT2D eigenvalue weighted by atomic mass is 9.54. The monoisotopic (exact) mass is 430 g/mol. The molecule has 5 fully saturated rings. The number of carbonyl (C=O) groups is 1. The van der Waals surface area contributed by atoms with Crippen molar-refractivity contribution in [1.82, 2.24) is 9.62 Å². The van der Waals surface area contributed by atoms with E-state index in [9.17, 15) is 13.2 Å². The van der Waals surface area contributed by atoms with Gasteiger partial charge < -0.3 is 5.32 Å². The average molecular weight is 431 g/mol. The largest absolute Gasteiger partial charge is 0.352 e. The molecule has 30 heavy (non-hydrogen) atoms. The van der Waals surface area contributed by atoms with Gasteiger partial charge in [-0.05, 0) is 81.1 Å². The van der Waals surface area contributed by atoms with Gasteiger partial charge in [0.25, 0.3) is 0 Å². The summed E-state index contributed by atoms with van der Waals surface area (Å²) < 4.78 is 26.3. The lowest BCUT2D eigenvalue weighted by Gasteiger charge is -2.55. The minimum absolute atomic E-state index is 0.116. The second-order valence-corrected chi connectivity index (χ2v) is 12.4. The molecule has 0 aromatic heterocycles. The molecule has 164 valence electrons. The molecule has 1 aromatic carbocycles. The molecule has 1 amide bonds. The number of hydrogen-bond donors (Lipinski definition) is 1. The van der Waals surface area contributed by atoms with Gasteiger partial charge >= 0.3 is 0 Å². The molecule has 0 atom stereocenters. The van der Waals surface area contributed by atoms with Crippen molar-refractivity contribution < 1.29 is 13.2 Å². The molecule has 4 aliphatic carbocycles. The summed E-state index contributed by atoms with van der Waals surface area (Å²) in [7, 11) is -3.22. The fraction of sp³-hybridized carbons (Fsp3) is 0.708. The highest BCUT2D eigenvalue weighted by atomic mass is 32.2. The molecule has 1 N–H and O–H groups in total. The predicted octanol–water partition coefficient (Wildman–Crippen LogP) is 3.31. The van der Waals surface area contributed by atoms with Crippen LogP contribution < -0.4 is 5.32 Å². The summed E-state index contributed by atoms with van der Waals surface area (Å²) in [6.07, 6.45) is 7.61. The van der Waals surface area contributed by atoms with Gasteiger partial charge in [0.1, 0.15) is 0 Å². The van der Waals surface area contributed by atoms with E-state index in [1.54, 1.807) is 11.2 Å². The minimum atomic E-state index is -3.22. The van der Waals surface area contributed by atoms with Crippen LogP contribution in [0.1, 0.15) is 57.4 Å². The second-order valence-electron chi connectivity index (χ2n) is 10.2. The van der Waals surface area contributed by atoms with Crippen molar-refractivity contribution in [1.29, 1.82) is 0 Å². The topological polar surface area (TPSA) is 66.5 Å². The van der Waals surface area contributed by atoms with Crippen molar-refractivity contribution in [2.24, 2.45) is 23.7 Å². The van der Waals surface area contributed by atoms with Crippen LogP contribution in [-0.4, -0.2) is 43.5 Å². The Labute approximate surface area is 180 Å². The predicted molar refractivity (Wildman–Crippen MR) is 117 cm³/mol. The van der Waals surface area contributed by atoms with Crippen molar-refractivity contribution in [3.63, 3.8) is 0 Å². The van der Waals surface area contributed by atoms with Crippen molar-refractivity contribution in [3.05, 3.63) is 35.9 Å². The van der Waals surface area contributed by atoms with Gasteiger partial charge in [0.05, 0.1) is 11.2 Å². The number of nitrogens with zero attached hydrogens (tertiary/aromatic N) is 1. The first-order valence-electron chi connectivity index (χ1n) is 11.8. The molecule has 4 bridgehead atoms. The number of nitrogens with one attached hydrogen (secondary N) is 1. The van der Waals surface area contributed by atoms with Crippen LogP contribution in [0.2, 0.25) is 0 Å². The Morgan fingerprint density at radius 3 is 2.10 bits per heavy atom. The lowest BCUT2D eigenvalue weighted by molar-refractivity contribution is -0.132.